The molecule has 0 aromatic heterocycles. The summed E-state index contributed by atoms with van der Waals surface area (Å²) in [5, 5.41) is 9.51. The van der Waals surface area contributed by atoms with Gasteiger partial charge in [-0.2, -0.15) is 0 Å². The summed E-state index contributed by atoms with van der Waals surface area (Å²) < 4.78 is 10.9. The Labute approximate surface area is 96.0 Å². The quantitative estimate of drug-likeness (QED) is 0.832. The van der Waals surface area contributed by atoms with E-state index in [4.69, 9.17) is 9.47 Å². The van der Waals surface area contributed by atoms with E-state index >= 15 is 0 Å². The van der Waals surface area contributed by atoms with Crippen LogP contribution in [0.2, 0.25) is 0 Å². The number of hydrogen-bond acceptors (Lipinski definition) is 3. The molecule has 16 heavy (non-hydrogen) atoms. The number of benzene rings is 1. The molecule has 1 fully saturated rings. The van der Waals surface area contributed by atoms with Crippen LogP contribution in [0.25, 0.3) is 0 Å². The number of hydrogen-bond donors (Lipinski definition) is 1. The fourth-order valence-corrected chi connectivity index (χ4v) is 1.56. The Kier molecular flexibility index (Phi) is 3.34. The zero-order valence-electron chi connectivity index (χ0n) is 9.77. The van der Waals surface area contributed by atoms with Crippen LogP contribution in [0.1, 0.15) is 31.4 Å². The topological polar surface area (TPSA) is 38.7 Å². The molecule has 2 rings (SSSR count). The molecule has 3 heteroatoms. The van der Waals surface area contributed by atoms with Crippen molar-refractivity contribution in [2.24, 2.45) is 5.92 Å². The van der Waals surface area contributed by atoms with Crippen LogP contribution < -0.4 is 9.47 Å². The maximum atomic E-state index is 9.51. The number of methoxy groups -OCH3 is 1. The molecule has 1 saturated carbocycles. The lowest BCUT2D eigenvalue weighted by molar-refractivity contribution is 0.198. The van der Waals surface area contributed by atoms with Gasteiger partial charge in [0.05, 0.1) is 19.8 Å². The molecule has 1 N–H and O–H groups in total. The first-order valence-electron chi connectivity index (χ1n) is 5.69. The zero-order valence-corrected chi connectivity index (χ0v) is 9.77. The maximum Gasteiger partial charge on any atom is 0.161 e. The molecule has 1 atom stereocenters. The SMILES string of the molecule is COc1ccc(C(C)O)cc1OCC1CC1. The van der Waals surface area contributed by atoms with Crippen LogP contribution >= 0.6 is 0 Å². The van der Waals surface area contributed by atoms with E-state index in [9.17, 15) is 5.11 Å². The van der Waals surface area contributed by atoms with Gasteiger partial charge in [-0.3, -0.25) is 0 Å². The summed E-state index contributed by atoms with van der Waals surface area (Å²) in [5.74, 6) is 2.16. The highest BCUT2D eigenvalue weighted by atomic mass is 16.5. The Morgan fingerprint density at radius 2 is 2.12 bits per heavy atom. The van der Waals surface area contributed by atoms with E-state index in [1.165, 1.54) is 12.8 Å². The van der Waals surface area contributed by atoms with Gasteiger partial charge in [0.25, 0.3) is 0 Å². The zero-order chi connectivity index (χ0) is 11.5. The van der Waals surface area contributed by atoms with Crippen LogP contribution in [-0.4, -0.2) is 18.8 Å². The predicted octanol–water partition coefficient (Wildman–Crippen LogP) is 2.54. The standard InChI is InChI=1S/C13H18O3/c1-9(14)11-5-6-12(15-2)13(7-11)16-8-10-3-4-10/h5-7,9-10,14H,3-4,8H2,1-2H3. The summed E-state index contributed by atoms with van der Waals surface area (Å²) >= 11 is 0. The van der Waals surface area contributed by atoms with E-state index in [1.807, 2.05) is 18.2 Å². The smallest absolute Gasteiger partial charge is 0.161 e. The molecule has 0 aliphatic heterocycles. The van der Waals surface area contributed by atoms with Gasteiger partial charge in [0.1, 0.15) is 0 Å². The van der Waals surface area contributed by atoms with Crippen molar-refractivity contribution in [1.82, 2.24) is 0 Å². The molecule has 0 radical (unpaired) electrons. The monoisotopic (exact) mass is 222 g/mol. The van der Waals surface area contributed by atoms with Crippen molar-refractivity contribution in [3.63, 3.8) is 0 Å². The first-order chi connectivity index (χ1) is 7.70. The van der Waals surface area contributed by atoms with Crippen LogP contribution in [0.15, 0.2) is 18.2 Å². The number of aliphatic hydroxyl groups is 1. The van der Waals surface area contributed by atoms with Gasteiger partial charge < -0.3 is 14.6 Å². The maximum absolute atomic E-state index is 9.51. The van der Waals surface area contributed by atoms with Gasteiger partial charge in [-0.05, 0) is 43.4 Å². The third-order valence-corrected chi connectivity index (χ3v) is 2.84. The summed E-state index contributed by atoms with van der Waals surface area (Å²) in [5.41, 5.74) is 0.853. The molecule has 0 saturated heterocycles. The molecule has 1 aromatic rings. The highest BCUT2D eigenvalue weighted by molar-refractivity contribution is 5.43. The average molecular weight is 222 g/mol. The van der Waals surface area contributed by atoms with E-state index in [2.05, 4.69) is 0 Å². The Balaban J connectivity index is 2.12. The Bertz CT molecular complexity index is 356. The third kappa shape index (κ3) is 2.67. The number of rotatable bonds is 5. The second-order valence-electron chi connectivity index (χ2n) is 4.34. The van der Waals surface area contributed by atoms with Crippen molar-refractivity contribution in [1.29, 1.82) is 0 Å². The first-order valence-corrected chi connectivity index (χ1v) is 5.69. The van der Waals surface area contributed by atoms with Gasteiger partial charge in [0.2, 0.25) is 0 Å². The highest BCUT2D eigenvalue weighted by Gasteiger charge is 2.22. The Morgan fingerprint density at radius 1 is 1.38 bits per heavy atom. The number of ether oxygens (including phenoxy) is 2. The number of aliphatic hydroxyl groups excluding tert-OH is 1. The van der Waals surface area contributed by atoms with Crippen LogP contribution in [0.3, 0.4) is 0 Å². The molecule has 0 bridgehead atoms. The van der Waals surface area contributed by atoms with Gasteiger partial charge in [0, 0.05) is 0 Å². The van der Waals surface area contributed by atoms with Crippen molar-refractivity contribution < 1.29 is 14.6 Å². The second-order valence-corrected chi connectivity index (χ2v) is 4.34. The van der Waals surface area contributed by atoms with E-state index in [0.717, 1.165) is 23.7 Å². The van der Waals surface area contributed by atoms with E-state index in [0.29, 0.717) is 5.92 Å². The van der Waals surface area contributed by atoms with Gasteiger partial charge in [-0.1, -0.05) is 6.07 Å². The lowest BCUT2D eigenvalue weighted by atomic mass is 10.1. The lowest BCUT2D eigenvalue weighted by Gasteiger charge is -2.13. The Hall–Kier alpha value is -1.22. The molecular weight excluding hydrogens is 204 g/mol. The van der Waals surface area contributed by atoms with Gasteiger partial charge >= 0.3 is 0 Å². The van der Waals surface area contributed by atoms with E-state index in [-0.39, 0.29) is 0 Å². The molecule has 1 aromatic carbocycles. The highest BCUT2D eigenvalue weighted by Crippen LogP contribution is 2.34. The van der Waals surface area contributed by atoms with Crippen molar-refractivity contribution in [3.8, 4) is 11.5 Å². The van der Waals surface area contributed by atoms with Gasteiger partial charge in [0.15, 0.2) is 11.5 Å². The Morgan fingerprint density at radius 3 is 2.69 bits per heavy atom. The largest absolute Gasteiger partial charge is 0.493 e. The van der Waals surface area contributed by atoms with Crippen LogP contribution in [0.4, 0.5) is 0 Å². The predicted molar refractivity (Wildman–Crippen MR) is 61.8 cm³/mol. The molecule has 1 aliphatic rings. The molecule has 88 valence electrons. The van der Waals surface area contributed by atoms with Crippen molar-refractivity contribution in [2.45, 2.75) is 25.9 Å². The van der Waals surface area contributed by atoms with Crippen molar-refractivity contribution >= 4 is 0 Å². The minimum atomic E-state index is -0.478. The molecule has 0 amide bonds. The van der Waals surface area contributed by atoms with Crippen LogP contribution in [-0.2, 0) is 0 Å². The summed E-state index contributed by atoms with van der Waals surface area (Å²) in [4.78, 5) is 0. The summed E-state index contributed by atoms with van der Waals surface area (Å²) in [6.07, 6.45) is 2.05. The normalized spacial score (nSPS) is 16.9. The molecule has 3 nitrogen and oxygen atoms in total. The lowest BCUT2D eigenvalue weighted by Crippen LogP contribution is -2.02. The minimum absolute atomic E-state index is 0.478. The van der Waals surface area contributed by atoms with Crippen molar-refractivity contribution in [3.05, 3.63) is 23.8 Å². The third-order valence-electron chi connectivity index (χ3n) is 2.84. The molecule has 1 unspecified atom stereocenters. The summed E-state index contributed by atoms with van der Waals surface area (Å²) in [6, 6.07) is 5.55. The van der Waals surface area contributed by atoms with Crippen LogP contribution in [0.5, 0.6) is 11.5 Å². The van der Waals surface area contributed by atoms with Gasteiger partial charge in [-0.15, -0.1) is 0 Å². The fraction of sp³-hybridized carbons (Fsp3) is 0.538. The fourth-order valence-electron chi connectivity index (χ4n) is 1.56. The molecular formula is C13H18O3. The van der Waals surface area contributed by atoms with E-state index in [1.54, 1.807) is 14.0 Å². The summed E-state index contributed by atoms with van der Waals surface area (Å²) in [6.45, 7) is 2.49. The summed E-state index contributed by atoms with van der Waals surface area (Å²) in [7, 11) is 1.63. The molecule has 1 aliphatic carbocycles. The van der Waals surface area contributed by atoms with E-state index < -0.39 is 6.10 Å². The average Bonchev–Trinajstić information content (AvgIpc) is 3.09. The van der Waals surface area contributed by atoms with Crippen LogP contribution in [0, 0.1) is 5.92 Å². The first kappa shape index (κ1) is 11.3. The second kappa shape index (κ2) is 4.74. The molecule has 0 heterocycles. The minimum Gasteiger partial charge on any atom is -0.493 e. The molecule has 0 spiro atoms. The van der Waals surface area contributed by atoms with Crippen molar-refractivity contribution in [2.75, 3.05) is 13.7 Å². The van der Waals surface area contributed by atoms with Gasteiger partial charge in [-0.25, -0.2) is 0 Å².